The number of hydrogen-bond acceptors (Lipinski definition) is 3. The van der Waals surface area contributed by atoms with Crippen molar-refractivity contribution in [1.29, 1.82) is 0 Å². The molecule has 0 aliphatic rings. The van der Waals surface area contributed by atoms with Crippen LogP contribution in [0, 0.1) is 10.1 Å². The number of nitro groups is 1. The van der Waals surface area contributed by atoms with Gasteiger partial charge in [0.25, 0.3) is 0 Å². The highest BCUT2D eigenvalue weighted by atomic mass is 35.5. The highest BCUT2D eigenvalue weighted by Gasteiger charge is 2.58. The number of hydrogen-bond donors (Lipinski definition) is 1. The minimum Gasteiger partial charge on any atom is -0.264 e. The molecule has 0 aromatic heterocycles. The van der Waals surface area contributed by atoms with Crippen LogP contribution < -0.4 is 4.72 Å². The van der Waals surface area contributed by atoms with Crippen molar-refractivity contribution >= 4 is 28.7 Å². The second-order valence-corrected chi connectivity index (χ2v) is 8.73. The van der Waals surface area contributed by atoms with E-state index in [1.54, 1.807) is 0 Å². The molecular formula is C15H18ClF3N2O3S. The van der Waals surface area contributed by atoms with E-state index in [0.29, 0.717) is 16.7 Å². The second-order valence-electron chi connectivity index (χ2n) is 6.33. The number of alkyl halides is 3. The average Bonchev–Trinajstić information content (AvgIpc) is 2.43. The predicted molar refractivity (Wildman–Crippen MR) is 92.2 cm³/mol. The maximum Gasteiger partial charge on any atom is 0.417 e. The van der Waals surface area contributed by atoms with E-state index in [0.717, 1.165) is 6.08 Å². The van der Waals surface area contributed by atoms with Gasteiger partial charge in [0, 0.05) is 9.95 Å². The summed E-state index contributed by atoms with van der Waals surface area (Å²) in [4.78, 5) is 9.77. The molecule has 1 aromatic rings. The van der Waals surface area contributed by atoms with E-state index in [2.05, 4.69) is 0 Å². The van der Waals surface area contributed by atoms with Crippen LogP contribution in [0.4, 0.5) is 13.2 Å². The third kappa shape index (κ3) is 6.09. The zero-order valence-corrected chi connectivity index (χ0v) is 15.3. The molecule has 0 aliphatic heterocycles. The van der Waals surface area contributed by atoms with Gasteiger partial charge in [0.2, 0.25) is 12.1 Å². The molecule has 1 rings (SSSR count). The van der Waals surface area contributed by atoms with Crippen LogP contribution in [0.1, 0.15) is 26.3 Å². The van der Waals surface area contributed by atoms with Crippen molar-refractivity contribution in [3.63, 3.8) is 0 Å². The lowest BCUT2D eigenvalue weighted by molar-refractivity contribution is -0.497. The molecule has 0 saturated carbocycles. The van der Waals surface area contributed by atoms with Gasteiger partial charge in [-0.05, 0) is 44.5 Å². The normalized spacial score (nSPS) is 16.6. The summed E-state index contributed by atoms with van der Waals surface area (Å²) < 4.78 is 54.1. The summed E-state index contributed by atoms with van der Waals surface area (Å²) in [5.74, 6) is 0. The van der Waals surface area contributed by atoms with E-state index in [1.807, 2.05) is 4.72 Å². The number of halogens is 4. The van der Waals surface area contributed by atoms with Crippen LogP contribution in [0.15, 0.2) is 30.3 Å². The van der Waals surface area contributed by atoms with Crippen LogP contribution in [0.25, 0.3) is 6.08 Å². The Labute approximate surface area is 151 Å². The fourth-order valence-corrected chi connectivity index (χ4v) is 2.71. The van der Waals surface area contributed by atoms with Gasteiger partial charge in [-0.3, -0.25) is 10.1 Å². The monoisotopic (exact) mass is 398 g/mol. The van der Waals surface area contributed by atoms with Crippen LogP contribution in [-0.4, -0.2) is 32.1 Å². The topological polar surface area (TPSA) is 72.2 Å². The van der Waals surface area contributed by atoms with Gasteiger partial charge in [-0.25, -0.2) is 8.93 Å². The van der Waals surface area contributed by atoms with E-state index < -0.39 is 38.9 Å². The minimum absolute atomic E-state index is 0.365. The van der Waals surface area contributed by atoms with Crippen molar-refractivity contribution in [2.45, 2.75) is 37.2 Å². The molecule has 0 radical (unpaired) electrons. The van der Waals surface area contributed by atoms with Crippen molar-refractivity contribution in [2.75, 3.05) is 6.54 Å². The molecule has 0 spiro atoms. The number of rotatable bonds is 6. The fraction of sp³-hybridized carbons (Fsp3) is 0.467. The van der Waals surface area contributed by atoms with Gasteiger partial charge in [0.05, 0.1) is 15.7 Å². The predicted octanol–water partition coefficient (Wildman–Crippen LogP) is 3.98. The SMILES string of the molecule is CC(C)(C)S(=O)N[C@@](/C=C/c1ccc(Cl)cc1)(C[N+](=O)[O-])C(F)(F)F. The Balaban J connectivity index is 3.35. The van der Waals surface area contributed by atoms with Crippen molar-refractivity contribution < 1.29 is 22.3 Å². The van der Waals surface area contributed by atoms with E-state index >= 15 is 0 Å². The van der Waals surface area contributed by atoms with E-state index in [-0.39, 0.29) is 0 Å². The molecule has 1 unspecified atom stereocenters. The van der Waals surface area contributed by atoms with Gasteiger partial charge in [-0.2, -0.15) is 13.2 Å². The lowest BCUT2D eigenvalue weighted by Gasteiger charge is -2.32. The lowest BCUT2D eigenvalue weighted by atomic mass is 9.98. The number of nitrogens with one attached hydrogen (secondary N) is 1. The zero-order chi connectivity index (χ0) is 19.5. The van der Waals surface area contributed by atoms with Gasteiger partial charge < -0.3 is 0 Å². The summed E-state index contributed by atoms with van der Waals surface area (Å²) in [7, 11) is -2.18. The first-order chi connectivity index (χ1) is 11.3. The Morgan fingerprint density at radius 2 is 1.76 bits per heavy atom. The first-order valence-corrected chi connectivity index (χ1v) is 8.63. The van der Waals surface area contributed by atoms with E-state index in [9.17, 15) is 27.5 Å². The van der Waals surface area contributed by atoms with Gasteiger partial charge >= 0.3 is 6.18 Å². The molecule has 0 bridgehead atoms. The van der Waals surface area contributed by atoms with Crippen LogP contribution in [-0.2, 0) is 11.0 Å². The highest BCUT2D eigenvalue weighted by Crippen LogP contribution is 2.34. The molecule has 25 heavy (non-hydrogen) atoms. The molecule has 5 nitrogen and oxygen atoms in total. The van der Waals surface area contributed by atoms with Crippen molar-refractivity contribution in [2.24, 2.45) is 0 Å². The molecular weight excluding hydrogens is 381 g/mol. The van der Waals surface area contributed by atoms with Crippen LogP contribution >= 0.6 is 11.6 Å². The first kappa shape index (κ1) is 21.6. The third-order valence-corrected chi connectivity index (χ3v) is 5.06. The number of benzene rings is 1. The molecule has 0 aliphatic carbocycles. The van der Waals surface area contributed by atoms with Crippen molar-refractivity contribution in [3.8, 4) is 0 Å². The van der Waals surface area contributed by atoms with Gasteiger partial charge in [0.1, 0.15) is 0 Å². The molecule has 1 N–H and O–H groups in total. The first-order valence-electron chi connectivity index (χ1n) is 7.10. The molecule has 1 aromatic carbocycles. The zero-order valence-electron chi connectivity index (χ0n) is 13.8. The van der Waals surface area contributed by atoms with Crippen molar-refractivity contribution in [1.82, 2.24) is 4.72 Å². The lowest BCUT2D eigenvalue weighted by Crippen LogP contribution is -2.61. The Morgan fingerprint density at radius 1 is 1.24 bits per heavy atom. The summed E-state index contributed by atoms with van der Waals surface area (Å²) in [5, 5.41) is 11.3. The van der Waals surface area contributed by atoms with Crippen LogP contribution in [0.2, 0.25) is 5.02 Å². The maximum absolute atomic E-state index is 13.7. The molecule has 0 saturated heterocycles. The van der Waals surface area contributed by atoms with Gasteiger partial charge in [-0.15, -0.1) is 0 Å². The molecule has 0 heterocycles. The fourth-order valence-electron chi connectivity index (χ4n) is 1.70. The Hall–Kier alpha value is -1.45. The summed E-state index contributed by atoms with van der Waals surface area (Å²) in [6.07, 6.45) is -3.33. The Bertz CT molecular complexity index is 672. The third-order valence-electron chi connectivity index (χ3n) is 3.15. The average molecular weight is 399 g/mol. The van der Waals surface area contributed by atoms with E-state index in [1.165, 1.54) is 45.0 Å². The largest absolute Gasteiger partial charge is 0.417 e. The second kappa shape index (κ2) is 7.84. The standard InChI is InChI=1S/C15H18ClF3N2O3S/c1-13(2,3)25(24)20-14(10-21(22)23,15(17,18)19)9-8-11-4-6-12(16)7-5-11/h4-9,20H,10H2,1-3H3/b9-8+/t14-,25?/m0/s1. The maximum atomic E-state index is 13.7. The van der Waals surface area contributed by atoms with Crippen LogP contribution in [0.5, 0.6) is 0 Å². The Kier molecular flexibility index (Phi) is 6.77. The smallest absolute Gasteiger partial charge is 0.264 e. The molecule has 0 fully saturated rings. The van der Waals surface area contributed by atoms with Crippen LogP contribution in [0.3, 0.4) is 0 Å². The van der Waals surface area contributed by atoms with Gasteiger partial charge in [0.15, 0.2) is 0 Å². The van der Waals surface area contributed by atoms with Crippen molar-refractivity contribution in [3.05, 3.63) is 51.0 Å². The number of nitrogens with zero attached hydrogens (tertiary/aromatic N) is 1. The summed E-state index contributed by atoms with van der Waals surface area (Å²) in [6, 6.07) is 5.88. The highest BCUT2D eigenvalue weighted by molar-refractivity contribution is 7.84. The quantitative estimate of drug-likeness (QED) is 0.581. The molecule has 140 valence electrons. The summed E-state index contributed by atoms with van der Waals surface area (Å²) >= 11 is 5.72. The van der Waals surface area contributed by atoms with Gasteiger partial charge in [-0.1, -0.05) is 29.8 Å². The summed E-state index contributed by atoms with van der Waals surface area (Å²) in [6.45, 7) is 2.90. The Morgan fingerprint density at radius 3 is 2.16 bits per heavy atom. The molecule has 10 heteroatoms. The molecule has 2 atom stereocenters. The van der Waals surface area contributed by atoms with E-state index in [4.69, 9.17) is 11.6 Å². The molecule has 0 amide bonds. The minimum atomic E-state index is -5.04. The summed E-state index contributed by atoms with van der Waals surface area (Å²) in [5.41, 5.74) is -2.71.